The fourth-order valence-electron chi connectivity index (χ4n) is 2.53. The van der Waals surface area contributed by atoms with Crippen LogP contribution in [0, 0.1) is 20.8 Å². The van der Waals surface area contributed by atoms with Crippen molar-refractivity contribution >= 4 is 17.3 Å². The standard InChI is InChI=1S/C18H23N3O/c1-11(2)20-15-6-7-19-16(10-15)18(22)21-17-13(4)8-12(3)9-14(17)5/h6-11H,1-5H3,(H,19,20)(H,21,22). The highest BCUT2D eigenvalue weighted by Crippen LogP contribution is 2.22. The molecule has 2 rings (SSSR count). The molecule has 1 aromatic heterocycles. The number of aryl methyl sites for hydroxylation is 3. The van der Waals surface area contributed by atoms with E-state index in [-0.39, 0.29) is 5.91 Å². The number of nitrogens with zero attached hydrogens (tertiary/aromatic N) is 1. The van der Waals surface area contributed by atoms with E-state index >= 15 is 0 Å². The summed E-state index contributed by atoms with van der Waals surface area (Å²) in [6.45, 7) is 10.2. The first-order valence-corrected chi connectivity index (χ1v) is 7.48. The molecule has 1 amide bonds. The minimum atomic E-state index is -0.192. The molecule has 0 unspecified atom stereocenters. The topological polar surface area (TPSA) is 54.0 Å². The lowest BCUT2D eigenvalue weighted by Crippen LogP contribution is -2.16. The molecule has 2 aromatic rings. The summed E-state index contributed by atoms with van der Waals surface area (Å²) in [5, 5.41) is 6.25. The number of anilines is 2. The van der Waals surface area contributed by atoms with Crippen LogP contribution in [0.25, 0.3) is 0 Å². The maximum Gasteiger partial charge on any atom is 0.274 e. The predicted octanol–water partition coefficient (Wildman–Crippen LogP) is 4.08. The predicted molar refractivity (Wildman–Crippen MR) is 91.6 cm³/mol. The zero-order valence-corrected chi connectivity index (χ0v) is 13.8. The monoisotopic (exact) mass is 297 g/mol. The summed E-state index contributed by atoms with van der Waals surface area (Å²) in [5.74, 6) is -0.192. The smallest absolute Gasteiger partial charge is 0.274 e. The second-order valence-corrected chi connectivity index (χ2v) is 5.96. The van der Waals surface area contributed by atoms with Crippen LogP contribution in [0.4, 0.5) is 11.4 Å². The molecule has 4 heteroatoms. The third kappa shape index (κ3) is 3.85. The van der Waals surface area contributed by atoms with Crippen molar-refractivity contribution in [1.29, 1.82) is 0 Å². The van der Waals surface area contributed by atoms with E-state index in [0.29, 0.717) is 11.7 Å². The summed E-state index contributed by atoms with van der Waals surface area (Å²) in [6.07, 6.45) is 1.65. The summed E-state index contributed by atoms with van der Waals surface area (Å²) in [5.41, 5.74) is 5.47. The van der Waals surface area contributed by atoms with E-state index in [1.807, 2.05) is 26.8 Å². The maximum atomic E-state index is 12.4. The van der Waals surface area contributed by atoms with Crippen molar-refractivity contribution in [2.24, 2.45) is 0 Å². The molecule has 0 radical (unpaired) electrons. The lowest BCUT2D eigenvalue weighted by molar-refractivity contribution is 0.102. The molecule has 0 spiro atoms. The second kappa shape index (κ2) is 6.60. The van der Waals surface area contributed by atoms with Crippen LogP contribution in [-0.4, -0.2) is 16.9 Å². The summed E-state index contributed by atoms with van der Waals surface area (Å²) in [7, 11) is 0. The van der Waals surface area contributed by atoms with Gasteiger partial charge in [0.05, 0.1) is 0 Å². The number of amides is 1. The molecule has 22 heavy (non-hydrogen) atoms. The molecule has 2 N–H and O–H groups in total. The Kier molecular flexibility index (Phi) is 4.81. The van der Waals surface area contributed by atoms with Crippen molar-refractivity contribution < 1.29 is 4.79 Å². The molecule has 1 heterocycles. The number of aromatic nitrogens is 1. The normalized spacial score (nSPS) is 10.6. The minimum Gasteiger partial charge on any atom is -0.383 e. The van der Waals surface area contributed by atoms with E-state index in [9.17, 15) is 4.79 Å². The number of hydrogen-bond acceptors (Lipinski definition) is 3. The summed E-state index contributed by atoms with van der Waals surface area (Å²) in [4.78, 5) is 16.6. The van der Waals surface area contributed by atoms with Crippen molar-refractivity contribution in [2.75, 3.05) is 10.6 Å². The fourth-order valence-corrected chi connectivity index (χ4v) is 2.53. The quantitative estimate of drug-likeness (QED) is 0.894. The summed E-state index contributed by atoms with van der Waals surface area (Å²) >= 11 is 0. The first-order chi connectivity index (χ1) is 10.4. The van der Waals surface area contributed by atoms with Crippen LogP contribution >= 0.6 is 0 Å². The van der Waals surface area contributed by atoms with E-state index in [1.165, 1.54) is 5.56 Å². The average Bonchev–Trinajstić information content (AvgIpc) is 2.42. The van der Waals surface area contributed by atoms with Gasteiger partial charge in [0.25, 0.3) is 5.91 Å². The number of nitrogens with one attached hydrogen (secondary N) is 2. The Hall–Kier alpha value is -2.36. The van der Waals surface area contributed by atoms with Crippen LogP contribution in [0.2, 0.25) is 0 Å². The Bertz CT molecular complexity index is 669. The molecule has 0 saturated carbocycles. The van der Waals surface area contributed by atoms with Crippen molar-refractivity contribution in [1.82, 2.24) is 4.98 Å². The van der Waals surface area contributed by atoms with Crippen molar-refractivity contribution in [3.63, 3.8) is 0 Å². The minimum absolute atomic E-state index is 0.192. The van der Waals surface area contributed by atoms with Crippen molar-refractivity contribution in [3.8, 4) is 0 Å². The Balaban J connectivity index is 2.23. The highest BCUT2D eigenvalue weighted by Gasteiger charge is 2.12. The van der Waals surface area contributed by atoms with Gasteiger partial charge in [-0.1, -0.05) is 17.7 Å². The van der Waals surface area contributed by atoms with Crippen LogP contribution in [-0.2, 0) is 0 Å². The molecule has 0 aliphatic heterocycles. The Labute approximate surface area is 132 Å². The van der Waals surface area contributed by atoms with E-state index < -0.39 is 0 Å². The third-order valence-corrected chi connectivity index (χ3v) is 3.36. The molecule has 1 aromatic carbocycles. The van der Waals surface area contributed by atoms with Crippen LogP contribution in [0.15, 0.2) is 30.5 Å². The molecule has 0 atom stereocenters. The third-order valence-electron chi connectivity index (χ3n) is 3.36. The average molecular weight is 297 g/mol. The van der Waals surface area contributed by atoms with Gasteiger partial charge in [-0.25, -0.2) is 0 Å². The van der Waals surface area contributed by atoms with E-state index in [1.54, 1.807) is 12.3 Å². The van der Waals surface area contributed by atoms with Gasteiger partial charge in [-0.05, 0) is 57.9 Å². The van der Waals surface area contributed by atoms with Gasteiger partial charge in [-0.2, -0.15) is 0 Å². The SMILES string of the molecule is Cc1cc(C)c(NC(=O)c2cc(NC(C)C)ccn2)c(C)c1. The fraction of sp³-hybridized carbons (Fsp3) is 0.333. The van der Waals surface area contributed by atoms with Gasteiger partial charge in [-0.3, -0.25) is 9.78 Å². The highest BCUT2D eigenvalue weighted by molar-refractivity contribution is 6.04. The van der Waals surface area contributed by atoms with Gasteiger partial charge in [-0.15, -0.1) is 0 Å². The number of benzene rings is 1. The molecule has 0 aliphatic carbocycles. The lowest BCUT2D eigenvalue weighted by Gasteiger charge is -2.14. The molecular formula is C18H23N3O. The van der Waals surface area contributed by atoms with E-state index in [0.717, 1.165) is 22.5 Å². The van der Waals surface area contributed by atoms with E-state index in [4.69, 9.17) is 0 Å². The maximum absolute atomic E-state index is 12.4. The number of hydrogen-bond donors (Lipinski definition) is 2. The second-order valence-electron chi connectivity index (χ2n) is 5.96. The van der Waals surface area contributed by atoms with Crippen LogP contribution < -0.4 is 10.6 Å². The molecule has 4 nitrogen and oxygen atoms in total. The first kappa shape index (κ1) is 16.0. The van der Waals surface area contributed by atoms with Crippen LogP contribution in [0.3, 0.4) is 0 Å². The van der Waals surface area contributed by atoms with Crippen molar-refractivity contribution in [3.05, 3.63) is 52.8 Å². The lowest BCUT2D eigenvalue weighted by atomic mass is 10.0. The zero-order chi connectivity index (χ0) is 16.3. The number of rotatable bonds is 4. The highest BCUT2D eigenvalue weighted by atomic mass is 16.1. The molecule has 0 bridgehead atoms. The van der Waals surface area contributed by atoms with Crippen LogP contribution in [0.1, 0.15) is 41.0 Å². The van der Waals surface area contributed by atoms with Gasteiger partial charge in [0.1, 0.15) is 5.69 Å². The van der Waals surface area contributed by atoms with Gasteiger partial charge in [0.15, 0.2) is 0 Å². The van der Waals surface area contributed by atoms with Gasteiger partial charge < -0.3 is 10.6 Å². The largest absolute Gasteiger partial charge is 0.383 e. The Morgan fingerprint density at radius 3 is 2.32 bits per heavy atom. The molecule has 116 valence electrons. The van der Waals surface area contributed by atoms with Gasteiger partial charge in [0, 0.05) is 23.6 Å². The van der Waals surface area contributed by atoms with Gasteiger partial charge >= 0.3 is 0 Å². The van der Waals surface area contributed by atoms with E-state index in [2.05, 4.69) is 41.6 Å². The van der Waals surface area contributed by atoms with Crippen LogP contribution in [0.5, 0.6) is 0 Å². The molecule has 0 aliphatic rings. The number of carbonyl (C=O) groups is 1. The molecule has 0 fully saturated rings. The van der Waals surface area contributed by atoms with Crippen molar-refractivity contribution in [2.45, 2.75) is 40.7 Å². The zero-order valence-electron chi connectivity index (χ0n) is 13.8. The Morgan fingerprint density at radius 1 is 1.09 bits per heavy atom. The molecular weight excluding hydrogens is 274 g/mol. The number of carbonyl (C=O) groups excluding carboxylic acids is 1. The molecule has 0 saturated heterocycles. The summed E-state index contributed by atoms with van der Waals surface area (Å²) < 4.78 is 0. The first-order valence-electron chi connectivity index (χ1n) is 7.48. The summed E-state index contributed by atoms with van der Waals surface area (Å²) in [6, 6.07) is 8.06. The van der Waals surface area contributed by atoms with Gasteiger partial charge in [0.2, 0.25) is 0 Å². The number of pyridine rings is 1. The Morgan fingerprint density at radius 2 is 1.73 bits per heavy atom.